The average molecular weight is 560 g/mol. The number of hydrogen-bond donors (Lipinski definition) is 4. The van der Waals surface area contributed by atoms with E-state index in [2.05, 4.69) is 10.2 Å². The average Bonchev–Trinajstić information content (AvgIpc) is 3.66. The van der Waals surface area contributed by atoms with Gasteiger partial charge < -0.3 is 39.7 Å². The molecule has 2 aliphatic carbocycles. The van der Waals surface area contributed by atoms with Crippen LogP contribution in [0.3, 0.4) is 0 Å². The van der Waals surface area contributed by atoms with Gasteiger partial charge in [0, 0.05) is 49.8 Å². The first kappa shape index (κ1) is 28.8. The van der Waals surface area contributed by atoms with E-state index in [-0.39, 0.29) is 31.6 Å². The molecule has 2 heterocycles. The standard InChI is InChI=1S/C29H41N3O8/c1-38-23-15-18(17-34)14-20-24-21(28(36)30-6-11-33)16-22(25(35)27(24)40-26(20)23)32(29(37)19-4-2-3-5-19)8-7-31-9-12-39-13-10-31/h14-16,19,22,24-25,27,33-35H,2-13,17H2,1H3,(H,30,36)/t22-,24+,25+,27+/m1/s1. The van der Waals surface area contributed by atoms with Gasteiger partial charge in [-0.25, -0.2) is 0 Å². The molecule has 1 saturated carbocycles. The lowest BCUT2D eigenvalue weighted by Gasteiger charge is -2.42. The summed E-state index contributed by atoms with van der Waals surface area (Å²) in [6, 6.07) is 2.67. The number of aliphatic hydroxyl groups excluding tert-OH is 3. The van der Waals surface area contributed by atoms with Gasteiger partial charge in [0.25, 0.3) is 0 Å². The fraction of sp³-hybridized carbons (Fsp3) is 0.655. The monoisotopic (exact) mass is 559 g/mol. The van der Waals surface area contributed by atoms with Crippen molar-refractivity contribution in [3.63, 3.8) is 0 Å². The van der Waals surface area contributed by atoms with Crippen LogP contribution in [0.1, 0.15) is 42.7 Å². The van der Waals surface area contributed by atoms with Crippen LogP contribution >= 0.6 is 0 Å². The lowest BCUT2D eigenvalue weighted by Crippen LogP contribution is -2.58. The molecule has 4 aliphatic rings. The zero-order valence-corrected chi connectivity index (χ0v) is 23.1. The summed E-state index contributed by atoms with van der Waals surface area (Å²) in [5.41, 5.74) is 1.59. The van der Waals surface area contributed by atoms with Crippen LogP contribution in [0.4, 0.5) is 0 Å². The van der Waals surface area contributed by atoms with E-state index in [9.17, 15) is 24.9 Å². The van der Waals surface area contributed by atoms with E-state index in [0.29, 0.717) is 54.5 Å². The van der Waals surface area contributed by atoms with Crippen molar-refractivity contribution in [3.8, 4) is 11.5 Å². The van der Waals surface area contributed by atoms with Crippen molar-refractivity contribution in [1.29, 1.82) is 0 Å². The van der Waals surface area contributed by atoms with Crippen molar-refractivity contribution in [2.24, 2.45) is 5.92 Å². The fourth-order valence-electron chi connectivity index (χ4n) is 6.51. The predicted molar refractivity (Wildman–Crippen MR) is 145 cm³/mol. The molecule has 1 aromatic carbocycles. The molecular formula is C29H41N3O8. The zero-order valence-electron chi connectivity index (χ0n) is 23.1. The maximum absolute atomic E-state index is 13.9. The van der Waals surface area contributed by atoms with Crippen LogP contribution in [0.2, 0.25) is 0 Å². The number of morpholine rings is 1. The van der Waals surface area contributed by atoms with E-state index in [1.807, 2.05) is 0 Å². The van der Waals surface area contributed by atoms with E-state index in [1.54, 1.807) is 23.1 Å². The number of ether oxygens (including phenoxy) is 3. The summed E-state index contributed by atoms with van der Waals surface area (Å²) in [6.07, 6.45) is 3.40. The minimum atomic E-state index is -1.11. The van der Waals surface area contributed by atoms with Gasteiger partial charge in [-0.2, -0.15) is 0 Å². The number of aliphatic hydroxyl groups is 3. The van der Waals surface area contributed by atoms with Gasteiger partial charge in [-0.05, 0) is 36.6 Å². The van der Waals surface area contributed by atoms with E-state index in [1.165, 1.54) is 7.11 Å². The van der Waals surface area contributed by atoms with Crippen molar-refractivity contribution < 1.29 is 39.1 Å². The van der Waals surface area contributed by atoms with Gasteiger partial charge in [0.15, 0.2) is 11.5 Å². The van der Waals surface area contributed by atoms with E-state index < -0.39 is 30.1 Å². The summed E-state index contributed by atoms with van der Waals surface area (Å²) < 4.78 is 17.3. The number of fused-ring (bicyclic) bond motifs is 3. The Morgan fingerprint density at radius 1 is 1.18 bits per heavy atom. The number of amides is 2. The first-order valence-corrected chi connectivity index (χ1v) is 14.3. The first-order chi connectivity index (χ1) is 19.5. The van der Waals surface area contributed by atoms with Gasteiger partial charge in [-0.15, -0.1) is 0 Å². The Balaban J connectivity index is 1.52. The molecule has 40 heavy (non-hydrogen) atoms. The molecular weight excluding hydrogens is 518 g/mol. The second kappa shape index (κ2) is 12.9. The van der Waals surface area contributed by atoms with Crippen molar-refractivity contribution >= 4 is 11.8 Å². The van der Waals surface area contributed by atoms with Crippen LogP contribution in [0.15, 0.2) is 23.8 Å². The molecule has 11 heteroatoms. The Labute approximate surface area is 234 Å². The molecule has 0 bridgehead atoms. The van der Waals surface area contributed by atoms with Gasteiger partial charge in [0.05, 0.1) is 45.5 Å². The normalized spacial score (nSPS) is 26.4. The van der Waals surface area contributed by atoms with Gasteiger partial charge in [-0.3, -0.25) is 14.5 Å². The number of carbonyl (C=O) groups excluding carboxylic acids is 2. The van der Waals surface area contributed by atoms with Gasteiger partial charge in [-0.1, -0.05) is 12.8 Å². The molecule has 2 fully saturated rings. The number of hydrogen-bond acceptors (Lipinski definition) is 9. The molecule has 2 amide bonds. The molecule has 0 spiro atoms. The number of rotatable bonds is 10. The molecule has 4 N–H and O–H groups in total. The van der Waals surface area contributed by atoms with E-state index in [4.69, 9.17) is 14.2 Å². The molecule has 0 radical (unpaired) electrons. The summed E-state index contributed by atoms with van der Waals surface area (Å²) in [4.78, 5) is 31.4. The molecule has 2 aliphatic heterocycles. The van der Waals surface area contributed by atoms with Gasteiger partial charge in [0.2, 0.25) is 11.8 Å². The molecule has 220 valence electrons. The Kier molecular flexibility index (Phi) is 9.27. The molecule has 1 aromatic rings. The third-order valence-electron chi connectivity index (χ3n) is 8.60. The summed E-state index contributed by atoms with van der Waals surface area (Å²) in [6.45, 7) is 3.49. The van der Waals surface area contributed by atoms with Crippen molar-refractivity contribution in [3.05, 3.63) is 34.9 Å². The SMILES string of the molecule is COc1cc(CO)cc2c1O[C@@H]1[C@@H](O)[C@H](N(CCN3CCOCC3)C(=O)C3CCCC3)C=C(C(=O)NCCO)[C@H]21. The van der Waals surface area contributed by atoms with Crippen LogP contribution in [0.25, 0.3) is 0 Å². The van der Waals surface area contributed by atoms with Crippen molar-refractivity contribution in [1.82, 2.24) is 15.1 Å². The van der Waals surface area contributed by atoms with E-state index >= 15 is 0 Å². The molecule has 1 saturated heterocycles. The zero-order chi connectivity index (χ0) is 28.2. The molecule has 0 unspecified atom stereocenters. The van der Waals surface area contributed by atoms with E-state index in [0.717, 1.165) is 38.8 Å². The highest BCUT2D eigenvalue weighted by molar-refractivity contribution is 5.96. The molecule has 0 aromatic heterocycles. The van der Waals surface area contributed by atoms with Gasteiger partial charge >= 0.3 is 0 Å². The minimum absolute atomic E-state index is 0.00437. The van der Waals surface area contributed by atoms with Crippen LogP contribution in [0.5, 0.6) is 11.5 Å². The largest absolute Gasteiger partial charge is 0.493 e. The summed E-state index contributed by atoms with van der Waals surface area (Å²) >= 11 is 0. The highest BCUT2D eigenvalue weighted by Crippen LogP contribution is 2.51. The number of carbonyl (C=O) groups is 2. The first-order valence-electron chi connectivity index (χ1n) is 14.3. The van der Waals surface area contributed by atoms with Crippen LogP contribution in [-0.4, -0.2) is 115 Å². The molecule has 11 nitrogen and oxygen atoms in total. The smallest absolute Gasteiger partial charge is 0.247 e. The topological polar surface area (TPSA) is 141 Å². The maximum Gasteiger partial charge on any atom is 0.247 e. The summed E-state index contributed by atoms with van der Waals surface area (Å²) in [5, 5.41) is 33.8. The Hall–Kier alpha value is -2.70. The number of nitrogens with zero attached hydrogens (tertiary/aromatic N) is 2. The fourth-order valence-corrected chi connectivity index (χ4v) is 6.51. The van der Waals surface area contributed by atoms with Crippen molar-refractivity contribution in [2.75, 3.05) is 59.7 Å². The third kappa shape index (κ3) is 5.71. The number of nitrogens with one attached hydrogen (secondary N) is 1. The lowest BCUT2D eigenvalue weighted by atomic mass is 9.77. The second-order valence-corrected chi connectivity index (χ2v) is 11.0. The molecule has 5 rings (SSSR count). The highest BCUT2D eigenvalue weighted by atomic mass is 16.5. The quantitative estimate of drug-likeness (QED) is 0.316. The van der Waals surface area contributed by atoms with Crippen LogP contribution in [-0.2, 0) is 20.9 Å². The lowest BCUT2D eigenvalue weighted by molar-refractivity contribution is -0.141. The maximum atomic E-state index is 13.9. The second-order valence-electron chi connectivity index (χ2n) is 11.0. The van der Waals surface area contributed by atoms with Crippen molar-refractivity contribution in [2.45, 2.75) is 56.5 Å². The molecule has 4 atom stereocenters. The number of benzene rings is 1. The highest BCUT2D eigenvalue weighted by Gasteiger charge is 2.52. The number of methoxy groups -OCH3 is 1. The third-order valence-corrected chi connectivity index (χ3v) is 8.60. The Morgan fingerprint density at radius 2 is 1.93 bits per heavy atom. The Morgan fingerprint density at radius 3 is 2.60 bits per heavy atom. The minimum Gasteiger partial charge on any atom is -0.493 e. The Bertz CT molecular complexity index is 1100. The summed E-state index contributed by atoms with van der Waals surface area (Å²) in [7, 11) is 1.50. The van der Waals surface area contributed by atoms with Crippen LogP contribution < -0.4 is 14.8 Å². The van der Waals surface area contributed by atoms with Crippen LogP contribution in [0, 0.1) is 5.92 Å². The predicted octanol–water partition coefficient (Wildman–Crippen LogP) is 0.161. The van der Waals surface area contributed by atoms with Gasteiger partial charge in [0.1, 0.15) is 12.2 Å². The summed E-state index contributed by atoms with van der Waals surface area (Å²) in [5.74, 6) is -0.327.